The molecule has 1 fully saturated rings. The molecule has 0 aromatic rings. The number of halogens is 4. The molecule has 1 saturated heterocycles. The van der Waals surface area contributed by atoms with Gasteiger partial charge >= 0.3 is 0 Å². The van der Waals surface area contributed by atoms with Gasteiger partial charge in [-0.2, -0.15) is 0 Å². The lowest BCUT2D eigenvalue weighted by Gasteiger charge is -2.37. The number of hydrogen-bond acceptors (Lipinski definition) is 2. The molecule has 72 valence electrons. The average molecular weight is 262 g/mol. The lowest BCUT2D eigenvalue weighted by Crippen LogP contribution is -2.57. The number of carbonyl (C=O) groups excluding carboxylic acids is 1. The zero-order valence-electron chi connectivity index (χ0n) is 6.14. The van der Waals surface area contributed by atoms with Crippen molar-refractivity contribution >= 4 is 52.2 Å². The first-order valence-corrected chi connectivity index (χ1v) is 5.02. The summed E-state index contributed by atoms with van der Waals surface area (Å²) in [5.74, 6) is -0.627. The number of ketones is 1. The van der Waals surface area contributed by atoms with Crippen molar-refractivity contribution in [3.63, 3.8) is 0 Å². The second-order valence-corrected chi connectivity index (χ2v) is 5.71. The molecule has 0 spiro atoms. The predicted octanol–water partition coefficient (Wildman–Crippen LogP) is 2.24. The fraction of sp³-hybridized carbons (Fsp3) is 0.571. The van der Waals surface area contributed by atoms with Crippen LogP contribution in [-0.2, 0) is 9.53 Å². The van der Waals surface area contributed by atoms with Crippen LogP contribution in [0.4, 0.5) is 0 Å². The molecule has 0 aliphatic carbocycles. The van der Waals surface area contributed by atoms with E-state index in [1.165, 1.54) is 0 Å². The number of Topliss-reactive ketones (excluding diaryl/α,β-unsaturated/α-hetero) is 1. The Balaban J connectivity index is 2.47. The molecule has 2 nitrogen and oxygen atoms in total. The molecule has 0 radical (unpaired) electrons. The van der Waals surface area contributed by atoms with E-state index >= 15 is 0 Å². The summed E-state index contributed by atoms with van der Waals surface area (Å²) in [6, 6.07) is 0. The number of carbonyl (C=O) groups is 1. The van der Waals surface area contributed by atoms with Gasteiger partial charge in [-0.1, -0.05) is 58.6 Å². The topological polar surface area (TPSA) is 26.3 Å². The highest BCUT2D eigenvalue weighted by molar-refractivity contribution is 6.69. The third-order valence-electron chi connectivity index (χ3n) is 2.07. The lowest BCUT2D eigenvalue weighted by atomic mass is 10.1. The molecular weight excluding hydrogens is 258 g/mol. The third-order valence-corrected chi connectivity index (χ3v) is 3.62. The highest BCUT2D eigenvalue weighted by Crippen LogP contribution is 2.49. The van der Waals surface area contributed by atoms with Crippen LogP contribution in [0.1, 0.15) is 0 Å². The van der Waals surface area contributed by atoms with Gasteiger partial charge in [0.1, 0.15) is 12.2 Å². The third kappa shape index (κ3) is 1.24. The number of hydrogen-bond donors (Lipinski definition) is 0. The first-order valence-electron chi connectivity index (χ1n) is 3.51. The Morgan fingerprint density at radius 1 is 1.08 bits per heavy atom. The first-order chi connectivity index (χ1) is 5.87. The summed E-state index contributed by atoms with van der Waals surface area (Å²) < 4.78 is 1.86. The average Bonchev–Trinajstić information content (AvgIpc) is 2.48. The molecule has 2 aliphatic heterocycles. The number of rotatable bonds is 0. The van der Waals surface area contributed by atoms with Crippen LogP contribution in [0.5, 0.6) is 0 Å². The van der Waals surface area contributed by atoms with Crippen molar-refractivity contribution in [3.05, 3.63) is 12.2 Å². The van der Waals surface area contributed by atoms with Crippen molar-refractivity contribution in [2.45, 2.75) is 20.9 Å². The van der Waals surface area contributed by atoms with Gasteiger partial charge in [0.05, 0.1) is 0 Å². The number of fused-ring (bicyclic) bond motifs is 2. The minimum Gasteiger partial charge on any atom is -0.360 e. The van der Waals surface area contributed by atoms with Crippen LogP contribution < -0.4 is 0 Å². The van der Waals surface area contributed by atoms with Crippen molar-refractivity contribution in [2.24, 2.45) is 0 Å². The van der Waals surface area contributed by atoms with E-state index in [2.05, 4.69) is 0 Å². The molecule has 2 heterocycles. The summed E-state index contributed by atoms with van der Waals surface area (Å²) in [6.07, 6.45) is 1.88. The maximum absolute atomic E-state index is 11.6. The van der Waals surface area contributed by atoms with E-state index < -0.39 is 26.7 Å². The van der Waals surface area contributed by atoms with Crippen LogP contribution in [0.25, 0.3) is 0 Å². The van der Waals surface area contributed by atoms with Crippen molar-refractivity contribution < 1.29 is 9.53 Å². The molecule has 0 aromatic heterocycles. The normalized spacial score (nSPS) is 39.5. The van der Waals surface area contributed by atoms with Crippen LogP contribution >= 0.6 is 46.4 Å². The van der Waals surface area contributed by atoms with Gasteiger partial charge in [-0.3, -0.25) is 4.79 Å². The molecule has 0 unspecified atom stereocenters. The van der Waals surface area contributed by atoms with E-state index in [-0.39, 0.29) is 0 Å². The fourth-order valence-electron chi connectivity index (χ4n) is 1.34. The fourth-order valence-corrected chi connectivity index (χ4v) is 2.63. The summed E-state index contributed by atoms with van der Waals surface area (Å²) in [4.78, 5) is 11.6. The Bertz CT molecular complexity index is 271. The smallest absolute Gasteiger partial charge is 0.210 e. The Labute approximate surface area is 94.7 Å². The minimum atomic E-state index is -1.69. The molecule has 2 atom stereocenters. The largest absolute Gasteiger partial charge is 0.360 e. The Hall–Kier alpha value is 0.530. The van der Waals surface area contributed by atoms with Gasteiger partial charge in [0.2, 0.25) is 14.4 Å². The van der Waals surface area contributed by atoms with Gasteiger partial charge < -0.3 is 4.74 Å². The van der Waals surface area contributed by atoms with Crippen LogP contribution in [0.3, 0.4) is 0 Å². The molecule has 0 saturated carbocycles. The molecule has 0 N–H and O–H groups in total. The maximum atomic E-state index is 11.6. The standard InChI is InChI=1S/C7H4Cl4O2/c8-6(9)3-1-2-4(13-3)7(10,11)5(6)12/h1-4H/t3-,4-/m1/s1. The molecule has 0 aromatic carbocycles. The summed E-state index contributed by atoms with van der Waals surface area (Å²) in [5, 5.41) is 0. The minimum absolute atomic E-state index is 0.627. The van der Waals surface area contributed by atoms with Gasteiger partial charge in [-0.15, -0.1) is 0 Å². The SMILES string of the molecule is O=C1C(Cl)(Cl)[C@H]2C=C[C@@H](O2)C1(Cl)Cl. The van der Waals surface area contributed by atoms with E-state index in [4.69, 9.17) is 51.1 Å². The summed E-state index contributed by atoms with van der Waals surface area (Å²) in [6.45, 7) is 0. The van der Waals surface area contributed by atoms with Gasteiger partial charge in [0, 0.05) is 0 Å². The molecule has 6 heteroatoms. The van der Waals surface area contributed by atoms with E-state index in [1.54, 1.807) is 12.2 Å². The molecule has 2 bridgehead atoms. The highest BCUT2D eigenvalue weighted by Gasteiger charge is 2.62. The van der Waals surface area contributed by atoms with E-state index in [1.807, 2.05) is 0 Å². The Morgan fingerprint density at radius 2 is 1.46 bits per heavy atom. The second-order valence-electron chi connectivity index (χ2n) is 2.94. The van der Waals surface area contributed by atoms with Crippen molar-refractivity contribution in [1.29, 1.82) is 0 Å². The van der Waals surface area contributed by atoms with Crippen molar-refractivity contribution in [1.82, 2.24) is 0 Å². The summed E-state index contributed by atoms with van der Waals surface area (Å²) >= 11 is 23.1. The molecule has 0 amide bonds. The van der Waals surface area contributed by atoms with E-state index in [9.17, 15) is 4.79 Å². The Kier molecular flexibility index (Phi) is 2.14. The molecule has 13 heavy (non-hydrogen) atoms. The summed E-state index contributed by atoms with van der Waals surface area (Å²) in [5.41, 5.74) is 0. The van der Waals surface area contributed by atoms with Gasteiger partial charge in [0.15, 0.2) is 0 Å². The number of ether oxygens (including phenoxy) is 1. The molecule has 2 rings (SSSR count). The second kappa shape index (κ2) is 2.77. The maximum Gasteiger partial charge on any atom is 0.210 e. The van der Waals surface area contributed by atoms with Crippen molar-refractivity contribution in [3.8, 4) is 0 Å². The van der Waals surface area contributed by atoms with E-state index in [0.717, 1.165) is 0 Å². The lowest BCUT2D eigenvalue weighted by molar-refractivity contribution is -0.131. The van der Waals surface area contributed by atoms with Crippen LogP contribution in [-0.4, -0.2) is 26.7 Å². The monoisotopic (exact) mass is 260 g/mol. The van der Waals surface area contributed by atoms with Gasteiger partial charge in [-0.25, -0.2) is 0 Å². The van der Waals surface area contributed by atoms with Crippen LogP contribution in [0, 0.1) is 0 Å². The molecular formula is C7H4Cl4O2. The quantitative estimate of drug-likeness (QED) is 0.494. The van der Waals surface area contributed by atoms with Crippen LogP contribution in [0.2, 0.25) is 0 Å². The zero-order valence-corrected chi connectivity index (χ0v) is 9.16. The van der Waals surface area contributed by atoms with Gasteiger partial charge in [0.25, 0.3) is 0 Å². The van der Waals surface area contributed by atoms with E-state index in [0.29, 0.717) is 0 Å². The van der Waals surface area contributed by atoms with Crippen molar-refractivity contribution in [2.75, 3.05) is 0 Å². The van der Waals surface area contributed by atoms with Gasteiger partial charge in [-0.05, 0) is 0 Å². The molecule has 2 aliphatic rings. The van der Waals surface area contributed by atoms with Crippen LogP contribution in [0.15, 0.2) is 12.2 Å². The zero-order chi connectivity index (χ0) is 9.85. The predicted molar refractivity (Wildman–Crippen MR) is 51.7 cm³/mol. The highest BCUT2D eigenvalue weighted by atomic mass is 35.5. The Morgan fingerprint density at radius 3 is 1.85 bits per heavy atom. The first kappa shape index (κ1) is 10.1. The number of alkyl halides is 4. The summed E-state index contributed by atoms with van der Waals surface area (Å²) in [7, 11) is 0.